The average molecular weight is 299 g/mol. The highest BCUT2D eigenvalue weighted by Crippen LogP contribution is 2.27. The van der Waals surface area contributed by atoms with Gasteiger partial charge in [0.25, 0.3) is 0 Å². The number of anilines is 1. The lowest BCUT2D eigenvalue weighted by Gasteiger charge is -2.07. The largest absolute Gasteiger partial charge is 0.311 e. The van der Waals surface area contributed by atoms with Gasteiger partial charge in [0, 0.05) is 18.7 Å². The molecule has 8 heteroatoms. The first-order valence-corrected chi connectivity index (χ1v) is 7.01. The standard InChI is InChI=1S/C13H13N7S/c1-20-8-15-19-13(20)21-11-7-10(18-14)16-12(17-11)9-5-3-2-4-6-9/h2-8H,14H2,1H3,(H,16,17,18). The van der Waals surface area contributed by atoms with E-state index in [2.05, 4.69) is 25.6 Å². The van der Waals surface area contributed by atoms with Gasteiger partial charge in [-0.1, -0.05) is 30.3 Å². The number of nitrogens with one attached hydrogen (secondary N) is 1. The second kappa shape index (κ2) is 5.90. The van der Waals surface area contributed by atoms with E-state index in [1.807, 2.05) is 41.9 Å². The van der Waals surface area contributed by atoms with Gasteiger partial charge in [-0.05, 0) is 11.8 Å². The van der Waals surface area contributed by atoms with E-state index in [-0.39, 0.29) is 0 Å². The molecule has 7 nitrogen and oxygen atoms in total. The molecule has 0 fully saturated rings. The normalized spacial score (nSPS) is 10.6. The summed E-state index contributed by atoms with van der Waals surface area (Å²) >= 11 is 1.40. The van der Waals surface area contributed by atoms with Crippen LogP contribution in [-0.2, 0) is 7.05 Å². The number of nitrogen functional groups attached to an aromatic ring is 1. The van der Waals surface area contributed by atoms with E-state index in [0.717, 1.165) is 15.7 Å². The van der Waals surface area contributed by atoms with Crippen molar-refractivity contribution >= 4 is 17.6 Å². The van der Waals surface area contributed by atoms with Crippen LogP contribution in [0.3, 0.4) is 0 Å². The molecule has 0 aliphatic rings. The number of aryl methyl sites for hydroxylation is 1. The summed E-state index contributed by atoms with van der Waals surface area (Å²) in [5, 5.41) is 9.37. The van der Waals surface area contributed by atoms with Gasteiger partial charge in [-0.15, -0.1) is 10.2 Å². The van der Waals surface area contributed by atoms with E-state index >= 15 is 0 Å². The molecule has 2 aromatic heterocycles. The summed E-state index contributed by atoms with van der Waals surface area (Å²) in [5.74, 6) is 6.64. The van der Waals surface area contributed by atoms with E-state index < -0.39 is 0 Å². The van der Waals surface area contributed by atoms with Crippen molar-refractivity contribution < 1.29 is 0 Å². The van der Waals surface area contributed by atoms with Gasteiger partial charge in [0.05, 0.1) is 0 Å². The third kappa shape index (κ3) is 3.01. The summed E-state index contributed by atoms with van der Waals surface area (Å²) in [7, 11) is 1.88. The van der Waals surface area contributed by atoms with Crippen LogP contribution in [0.4, 0.5) is 5.82 Å². The van der Waals surface area contributed by atoms with Gasteiger partial charge in [0.2, 0.25) is 0 Å². The first-order chi connectivity index (χ1) is 10.3. The van der Waals surface area contributed by atoms with Crippen LogP contribution in [0.1, 0.15) is 0 Å². The topological polar surface area (TPSA) is 94.5 Å². The number of nitrogens with two attached hydrogens (primary N) is 1. The first kappa shape index (κ1) is 13.5. The lowest BCUT2D eigenvalue weighted by atomic mass is 10.2. The summed E-state index contributed by atoms with van der Waals surface area (Å²) in [6, 6.07) is 11.5. The molecule has 1 aromatic carbocycles. The van der Waals surface area contributed by atoms with Gasteiger partial charge in [0.15, 0.2) is 11.0 Å². The SMILES string of the molecule is Cn1cnnc1Sc1cc(NN)nc(-c2ccccc2)n1. The third-order valence-electron chi connectivity index (χ3n) is 2.75. The van der Waals surface area contributed by atoms with Crippen LogP contribution in [0.15, 0.2) is 52.9 Å². The summed E-state index contributed by atoms with van der Waals surface area (Å²) in [5.41, 5.74) is 3.49. The molecule has 0 unspecified atom stereocenters. The molecule has 106 valence electrons. The Hall–Kier alpha value is -2.45. The highest BCUT2D eigenvalue weighted by molar-refractivity contribution is 7.99. The van der Waals surface area contributed by atoms with E-state index in [9.17, 15) is 0 Å². The van der Waals surface area contributed by atoms with E-state index in [1.54, 1.807) is 12.4 Å². The number of rotatable bonds is 4. The number of nitrogens with zero attached hydrogens (tertiary/aromatic N) is 5. The first-order valence-electron chi connectivity index (χ1n) is 6.19. The Morgan fingerprint density at radius 1 is 1.19 bits per heavy atom. The summed E-state index contributed by atoms with van der Waals surface area (Å²) < 4.78 is 1.82. The Balaban J connectivity index is 1.99. The minimum atomic E-state index is 0.550. The maximum atomic E-state index is 5.49. The molecule has 0 spiro atoms. The molecule has 0 saturated heterocycles. The number of hydrogen-bond acceptors (Lipinski definition) is 7. The van der Waals surface area contributed by atoms with Crippen molar-refractivity contribution in [2.24, 2.45) is 12.9 Å². The van der Waals surface area contributed by atoms with Crippen LogP contribution in [0.25, 0.3) is 11.4 Å². The van der Waals surface area contributed by atoms with Crippen molar-refractivity contribution in [3.63, 3.8) is 0 Å². The molecule has 2 heterocycles. The van der Waals surface area contributed by atoms with Crippen molar-refractivity contribution in [2.45, 2.75) is 10.2 Å². The Bertz CT molecular complexity index is 741. The van der Waals surface area contributed by atoms with Gasteiger partial charge < -0.3 is 9.99 Å². The molecule has 0 saturated carbocycles. The average Bonchev–Trinajstić information content (AvgIpc) is 2.93. The van der Waals surface area contributed by atoms with Crippen LogP contribution in [0.2, 0.25) is 0 Å². The second-order valence-electron chi connectivity index (χ2n) is 4.25. The second-order valence-corrected chi connectivity index (χ2v) is 5.24. The zero-order chi connectivity index (χ0) is 14.7. The Labute approximate surface area is 125 Å². The highest BCUT2D eigenvalue weighted by Gasteiger charge is 2.10. The summed E-state index contributed by atoms with van der Waals surface area (Å²) in [4.78, 5) is 8.91. The number of aromatic nitrogens is 5. The van der Waals surface area contributed by atoms with Crippen molar-refractivity contribution in [1.29, 1.82) is 0 Å². The van der Waals surface area contributed by atoms with Crippen LogP contribution >= 0.6 is 11.8 Å². The van der Waals surface area contributed by atoms with E-state index in [4.69, 9.17) is 5.84 Å². The van der Waals surface area contributed by atoms with E-state index in [1.165, 1.54) is 11.8 Å². The zero-order valence-corrected chi connectivity index (χ0v) is 12.1. The highest BCUT2D eigenvalue weighted by atomic mass is 32.2. The lowest BCUT2D eigenvalue weighted by molar-refractivity contribution is 0.787. The fourth-order valence-corrected chi connectivity index (χ4v) is 2.49. The molecule has 0 amide bonds. The number of hydrazine groups is 1. The van der Waals surface area contributed by atoms with Crippen molar-refractivity contribution in [1.82, 2.24) is 24.7 Å². The van der Waals surface area contributed by atoms with Crippen LogP contribution in [-0.4, -0.2) is 24.7 Å². The van der Waals surface area contributed by atoms with Crippen LogP contribution < -0.4 is 11.3 Å². The van der Waals surface area contributed by atoms with Crippen LogP contribution in [0, 0.1) is 0 Å². The van der Waals surface area contributed by atoms with Crippen LogP contribution in [0.5, 0.6) is 0 Å². The fraction of sp³-hybridized carbons (Fsp3) is 0.0769. The predicted molar refractivity (Wildman–Crippen MR) is 80.4 cm³/mol. The number of benzene rings is 1. The van der Waals surface area contributed by atoms with Crippen molar-refractivity contribution in [3.8, 4) is 11.4 Å². The van der Waals surface area contributed by atoms with Gasteiger partial charge in [-0.2, -0.15) is 0 Å². The quantitative estimate of drug-likeness (QED) is 0.430. The molecule has 0 atom stereocenters. The Morgan fingerprint density at radius 2 is 2.00 bits per heavy atom. The maximum absolute atomic E-state index is 5.49. The smallest absolute Gasteiger partial charge is 0.197 e. The molecule has 21 heavy (non-hydrogen) atoms. The summed E-state index contributed by atoms with van der Waals surface area (Å²) in [6.07, 6.45) is 1.64. The fourth-order valence-electron chi connectivity index (χ4n) is 1.73. The molecule has 0 bridgehead atoms. The molecular formula is C13H13N7S. The van der Waals surface area contributed by atoms with E-state index in [0.29, 0.717) is 11.6 Å². The minimum Gasteiger partial charge on any atom is -0.311 e. The molecule has 0 aliphatic heterocycles. The maximum Gasteiger partial charge on any atom is 0.197 e. The van der Waals surface area contributed by atoms with Gasteiger partial charge in [-0.25, -0.2) is 15.8 Å². The molecular weight excluding hydrogens is 286 g/mol. The Kier molecular flexibility index (Phi) is 3.80. The van der Waals surface area contributed by atoms with Gasteiger partial charge in [0.1, 0.15) is 17.2 Å². The summed E-state index contributed by atoms with van der Waals surface area (Å²) in [6.45, 7) is 0. The minimum absolute atomic E-state index is 0.550. The zero-order valence-electron chi connectivity index (χ0n) is 11.3. The van der Waals surface area contributed by atoms with Crippen molar-refractivity contribution in [2.75, 3.05) is 5.43 Å². The molecule has 3 rings (SSSR count). The molecule has 0 aliphatic carbocycles. The van der Waals surface area contributed by atoms with Gasteiger partial charge in [-0.3, -0.25) is 0 Å². The van der Waals surface area contributed by atoms with Gasteiger partial charge >= 0.3 is 0 Å². The molecule has 3 aromatic rings. The van der Waals surface area contributed by atoms with Crippen molar-refractivity contribution in [3.05, 3.63) is 42.7 Å². The number of hydrogen-bond donors (Lipinski definition) is 2. The lowest BCUT2D eigenvalue weighted by Crippen LogP contribution is -2.09. The molecule has 0 radical (unpaired) electrons. The molecule has 3 N–H and O–H groups in total. The monoisotopic (exact) mass is 299 g/mol. The third-order valence-corrected chi connectivity index (χ3v) is 3.72. The Morgan fingerprint density at radius 3 is 2.67 bits per heavy atom. The predicted octanol–water partition coefficient (Wildman–Crippen LogP) is 1.71.